The van der Waals surface area contributed by atoms with E-state index in [1.807, 2.05) is 0 Å². The summed E-state index contributed by atoms with van der Waals surface area (Å²) < 4.78 is 0. The molecule has 0 amide bonds. The van der Waals surface area contributed by atoms with Crippen molar-refractivity contribution < 1.29 is 5.06 Å². The van der Waals surface area contributed by atoms with Crippen LogP contribution in [0.1, 0.15) is 156 Å². The Balaban J connectivity index is 0. The van der Waals surface area contributed by atoms with Crippen molar-refractivity contribution in [2.24, 2.45) is 0 Å². The standard InChI is InChI=1S/C18H38.C8H19NO/c1-3-5-7-9-11-13-15-17-18-16-14-12-10-8-6-4-2;1-3-5-7-9(10)8-6-4-2/h3-18H2,1-2H3;9H,3-8H2,1-2H3. The largest absolute Gasteiger partial charge is 0.634 e. The zero-order valence-corrected chi connectivity index (χ0v) is 20.5. The molecule has 28 heavy (non-hydrogen) atoms. The lowest BCUT2D eigenvalue weighted by Gasteiger charge is -2.21. The van der Waals surface area contributed by atoms with Crippen LogP contribution in [0.2, 0.25) is 0 Å². The molecule has 0 aliphatic rings. The van der Waals surface area contributed by atoms with Crippen LogP contribution in [0.25, 0.3) is 0 Å². The second kappa shape index (κ2) is 29.1. The van der Waals surface area contributed by atoms with Gasteiger partial charge in [0, 0.05) is 0 Å². The van der Waals surface area contributed by atoms with E-state index in [4.69, 9.17) is 0 Å². The van der Waals surface area contributed by atoms with Gasteiger partial charge in [0.25, 0.3) is 0 Å². The zero-order valence-electron chi connectivity index (χ0n) is 20.5. The zero-order chi connectivity index (χ0) is 21.1. The minimum atomic E-state index is 0.448. The van der Waals surface area contributed by atoms with E-state index in [0.29, 0.717) is 5.06 Å². The van der Waals surface area contributed by atoms with Crippen molar-refractivity contribution in [3.05, 3.63) is 5.21 Å². The molecule has 0 bridgehead atoms. The monoisotopic (exact) mass is 399 g/mol. The maximum atomic E-state index is 11.0. The molecule has 0 rings (SSSR count). The first-order chi connectivity index (χ1) is 13.7. The molecule has 0 heterocycles. The molecule has 172 valence electrons. The average molecular weight is 400 g/mol. The summed E-state index contributed by atoms with van der Waals surface area (Å²) in [5.74, 6) is 0. The second-order valence-corrected chi connectivity index (χ2v) is 8.70. The molecule has 1 N–H and O–H groups in total. The van der Waals surface area contributed by atoms with Crippen molar-refractivity contribution in [1.82, 2.24) is 0 Å². The highest BCUT2D eigenvalue weighted by Gasteiger charge is 1.94. The highest BCUT2D eigenvalue weighted by molar-refractivity contribution is 4.49. The Bertz CT molecular complexity index is 221. The van der Waals surface area contributed by atoms with Gasteiger partial charge in [-0.2, -0.15) is 0 Å². The molecule has 0 aromatic carbocycles. The SMILES string of the molecule is CCCCCCCCCCCCCCCCCC.CCCC[NH+]([O-])CCCC. The first kappa shape index (κ1) is 30.1. The Morgan fingerprint density at radius 3 is 0.786 bits per heavy atom. The van der Waals surface area contributed by atoms with Gasteiger partial charge in [0.2, 0.25) is 0 Å². The highest BCUT2D eigenvalue weighted by atomic mass is 16.5. The van der Waals surface area contributed by atoms with E-state index < -0.39 is 0 Å². The third-order valence-corrected chi connectivity index (χ3v) is 5.58. The summed E-state index contributed by atoms with van der Waals surface area (Å²) in [7, 11) is 0. The Hall–Kier alpha value is -0.0800. The molecule has 0 saturated carbocycles. The normalized spacial score (nSPS) is 10.9. The molecule has 0 aromatic heterocycles. The van der Waals surface area contributed by atoms with Crippen LogP contribution in [-0.4, -0.2) is 13.1 Å². The lowest BCUT2D eigenvalue weighted by Crippen LogP contribution is -3.07. The number of hydrogen-bond acceptors (Lipinski definition) is 1. The molecular formula is C26H57NO. The third-order valence-electron chi connectivity index (χ3n) is 5.58. The fourth-order valence-corrected chi connectivity index (χ4v) is 3.49. The number of rotatable bonds is 21. The molecule has 0 aliphatic carbocycles. The molecule has 2 nitrogen and oxygen atoms in total. The van der Waals surface area contributed by atoms with E-state index >= 15 is 0 Å². The van der Waals surface area contributed by atoms with E-state index in [1.54, 1.807) is 0 Å². The van der Waals surface area contributed by atoms with Gasteiger partial charge in [-0.25, -0.2) is 0 Å². The van der Waals surface area contributed by atoms with Crippen LogP contribution < -0.4 is 5.06 Å². The lowest BCUT2D eigenvalue weighted by atomic mass is 10.0. The van der Waals surface area contributed by atoms with Crippen molar-refractivity contribution in [2.45, 2.75) is 156 Å². The number of unbranched alkanes of at least 4 members (excludes halogenated alkanes) is 17. The molecule has 0 radical (unpaired) electrons. The van der Waals surface area contributed by atoms with E-state index in [2.05, 4.69) is 27.7 Å². The van der Waals surface area contributed by atoms with Gasteiger partial charge in [-0.1, -0.05) is 143 Å². The van der Waals surface area contributed by atoms with E-state index in [-0.39, 0.29) is 0 Å². The smallest absolute Gasteiger partial charge is 0.0768 e. The molecular weight excluding hydrogens is 342 g/mol. The van der Waals surface area contributed by atoms with Crippen LogP contribution in [0.15, 0.2) is 0 Å². The highest BCUT2D eigenvalue weighted by Crippen LogP contribution is 2.13. The van der Waals surface area contributed by atoms with Gasteiger partial charge in [0.1, 0.15) is 0 Å². The molecule has 0 unspecified atom stereocenters. The maximum absolute atomic E-state index is 11.0. The topological polar surface area (TPSA) is 27.5 Å². The molecule has 0 aromatic rings. The summed E-state index contributed by atoms with van der Waals surface area (Å²) in [6.07, 6.45) is 27.8. The molecule has 2 heteroatoms. The lowest BCUT2D eigenvalue weighted by molar-refractivity contribution is -0.848. The third kappa shape index (κ3) is 30.6. The quantitative estimate of drug-likeness (QED) is 0.153. The van der Waals surface area contributed by atoms with Gasteiger partial charge in [0.15, 0.2) is 0 Å². The molecule has 0 fully saturated rings. The Kier molecular flexibility index (Phi) is 31.3. The van der Waals surface area contributed by atoms with Crippen molar-refractivity contribution in [2.75, 3.05) is 13.1 Å². The fraction of sp³-hybridized carbons (Fsp3) is 1.00. The summed E-state index contributed by atoms with van der Waals surface area (Å²) in [5, 5.41) is 11.4. The van der Waals surface area contributed by atoms with Gasteiger partial charge in [0.05, 0.1) is 13.1 Å². The number of hydroxylamine groups is 2. The van der Waals surface area contributed by atoms with Crippen LogP contribution in [-0.2, 0) is 0 Å². The van der Waals surface area contributed by atoms with Crippen molar-refractivity contribution in [3.63, 3.8) is 0 Å². The Morgan fingerprint density at radius 1 is 0.357 bits per heavy atom. The summed E-state index contributed by atoms with van der Waals surface area (Å²) in [4.78, 5) is 0. The molecule has 0 spiro atoms. The van der Waals surface area contributed by atoms with Crippen LogP contribution in [0.5, 0.6) is 0 Å². The Labute approximate surface area is 179 Å². The van der Waals surface area contributed by atoms with Crippen LogP contribution in [0.3, 0.4) is 0 Å². The molecule has 0 saturated heterocycles. The van der Waals surface area contributed by atoms with E-state index in [0.717, 1.165) is 38.8 Å². The minimum Gasteiger partial charge on any atom is -0.634 e. The van der Waals surface area contributed by atoms with Gasteiger partial charge in [-0.3, -0.25) is 0 Å². The summed E-state index contributed by atoms with van der Waals surface area (Å²) >= 11 is 0. The first-order valence-corrected chi connectivity index (χ1v) is 13.2. The summed E-state index contributed by atoms with van der Waals surface area (Å²) in [6, 6.07) is 0. The minimum absolute atomic E-state index is 0.448. The van der Waals surface area contributed by atoms with Crippen LogP contribution in [0, 0.1) is 5.21 Å². The van der Waals surface area contributed by atoms with Gasteiger partial charge in [-0.05, 0) is 12.8 Å². The molecule has 0 atom stereocenters. The van der Waals surface area contributed by atoms with E-state index in [1.165, 1.54) is 103 Å². The summed E-state index contributed by atoms with van der Waals surface area (Å²) in [6.45, 7) is 10.4. The van der Waals surface area contributed by atoms with Crippen LogP contribution >= 0.6 is 0 Å². The average Bonchev–Trinajstić information content (AvgIpc) is 2.71. The van der Waals surface area contributed by atoms with Gasteiger partial charge in [-0.15, -0.1) is 0 Å². The van der Waals surface area contributed by atoms with Crippen molar-refractivity contribution in [1.29, 1.82) is 0 Å². The number of quaternary nitrogens is 1. The maximum Gasteiger partial charge on any atom is 0.0768 e. The van der Waals surface area contributed by atoms with Gasteiger partial charge < -0.3 is 10.3 Å². The first-order valence-electron chi connectivity index (χ1n) is 13.2. The Morgan fingerprint density at radius 2 is 0.571 bits per heavy atom. The summed E-state index contributed by atoms with van der Waals surface area (Å²) in [5.41, 5.74) is 0. The van der Waals surface area contributed by atoms with Gasteiger partial charge >= 0.3 is 0 Å². The fourth-order valence-electron chi connectivity index (χ4n) is 3.49. The second-order valence-electron chi connectivity index (χ2n) is 8.70. The van der Waals surface area contributed by atoms with Crippen LogP contribution in [0.4, 0.5) is 0 Å². The van der Waals surface area contributed by atoms with Crippen molar-refractivity contribution in [3.8, 4) is 0 Å². The number of hydrogen-bond donors (Lipinski definition) is 1. The molecule has 0 aliphatic heterocycles. The predicted octanol–water partition coefficient (Wildman–Crippen LogP) is 8.24. The predicted molar refractivity (Wildman–Crippen MR) is 129 cm³/mol. The van der Waals surface area contributed by atoms with Crippen molar-refractivity contribution >= 4 is 0 Å². The number of nitrogens with one attached hydrogen (secondary N) is 1. The van der Waals surface area contributed by atoms with E-state index in [9.17, 15) is 5.21 Å².